The molecule has 0 saturated heterocycles. The van der Waals surface area contributed by atoms with Crippen molar-refractivity contribution in [3.63, 3.8) is 0 Å². The molecule has 2 aromatic rings. The fourth-order valence-corrected chi connectivity index (χ4v) is 8.21. The quantitative estimate of drug-likeness (QED) is 0.0531. The van der Waals surface area contributed by atoms with Gasteiger partial charge in [-0.1, -0.05) is 194 Å². The average molecular weight is 803 g/mol. The molecule has 0 amide bonds. The summed E-state index contributed by atoms with van der Waals surface area (Å²) in [4.78, 5) is 9.78. The van der Waals surface area contributed by atoms with Crippen LogP contribution in [0, 0.1) is 0 Å². The van der Waals surface area contributed by atoms with E-state index >= 15 is 0 Å². The van der Waals surface area contributed by atoms with Crippen molar-refractivity contribution in [2.24, 2.45) is 9.98 Å². The summed E-state index contributed by atoms with van der Waals surface area (Å²) >= 11 is 0. The molecule has 1 fully saturated rings. The smallest absolute Gasteiger partial charge is 0.128 e. The zero-order valence-corrected chi connectivity index (χ0v) is 37.4. The number of benzene rings is 2. The topological polar surface area (TPSA) is 83.6 Å². The van der Waals surface area contributed by atoms with Gasteiger partial charge in [-0.05, 0) is 49.9 Å². The van der Waals surface area contributed by atoms with Crippen LogP contribution in [0.3, 0.4) is 0 Å². The second-order valence-corrected chi connectivity index (χ2v) is 17.3. The fourth-order valence-electron chi connectivity index (χ4n) is 8.21. The van der Waals surface area contributed by atoms with Crippen molar-refractivity contribution in [2.75, 3.05) is 13.2 Å². The van der Waals surface area contributed by atoms with Crippen LogP contribution < -0.4 is 9.47 Å². The Morgan fingerprint density at radius 1 is 0.448 bits per heavy atom. The average Bonchev–Trinajstić information content (AvgIpc) is 3.23. The van der Waals surface area contributed by atoms with Gasteiger partial charge in [0.25, 0.3) is 0 Å². The maximum Gasteiger partial charge on any atom is 0.128 e. The van der Waals surface area contributed by atoms with Crippen LogP contribution in [0.15, 0.2) is 46.4 Å². The first kappa shape index (κ1) is 49.3. The van der Waals surface area contributed by atoms with E-state index in [1.165, 1.54) is 167 Å². The van der Waals surface area contributed by atoms with Crippen molar-refractivity contribution in [3.05, 3.63) is 47.5 Å². The highest BCUT2D eigenvalue weighted by Gasteiger charge is 2.23. The Bertz CT molecular complexity index is 1240. The minimum absolute atomic E-state index is 0.0375. The molecule has 0 spiro atoms. The molecular formula is C52H86N2O4. The minimum Gasteiger partial charge on any atom is -0.507 e. The molecule has 3 rings (SSSR count). The highest BCUT2D eigenvalue weighted by atomic mass is 16.5. The first-order valence-corrected chi connectivity index (χ1v) is 24.6. The molecule has 0 aliphatic heterocycles. The number of aromatic hydroxyl groups is 2. The van der Waals surface area contributed by atoms with Gasteiger partial charge in [0.1, 0.15) is 23.0 Å². The van der Waals surface area contributed by atoms with E-state index in [4.69, 9.17) is 19.5 Å². The molecule has 2 N–H and O–H groups in total. The molecule has 328 valence electrons. The van der Waals surface area contributed by atoms with Gasteiger partial charge in [-0.25, -0.2) is 0 Å². The fraction of sp³-hybridized carbons (Fsp3) is 0.731. The summed E-state index contributed by atoms with van der Waals surface area (Å²) in [5.74, 6) is 1.79. The molecule has 2 aromatic carbocycles. The van der Waals surface area contributed by atoms with Gasteiger partial charge in [0.2, 0.25) is 0 Å². The molecule has 0 bridgehead atoms. The normalized spacial score (nSPS) is 15.8. The first-order chi connectivity index (χ1) is 28.6. The number of hydrogen-bond donors (Lipinski definition) is 2. The van der Waals surface area contributed by atoms with Crippen LogP contribution in [0.2, 0.25) is 0 Å². The third-order valence-electron chi connectivity index (χ3n) is 12.0. The lowest BCUT2D eigenvalue weighted by Gasteiger charge is -2.25. The second kappa shape index (κ2) is 33.8. The van der Waals surface area contributed by atoms with E-state index in [1.54, 1.807) is 24.6 Å². The van der Waals surface area contributed by atoms with E-state index in [1.807, 2.05) is 24.3 Å². The van der Waals surface area contributed by atoms with Gasteiger partial charge in [-0.2, -0.15) is 0 Å². The summed E-state index contributed by atoms with van der Waals surface area (Å²) in [5.41, 5.74) is 1.39. The Balaban J connectivity index is 1.27. The molecule has 1 saturated carbocycles. The Kier molecular flexibility index (Phi) is 28.7. The largest absolute Gasteiger partial charge is 0.507 e. The van der Waals surface area contributed by atoms with Crippen LogP contribution in [0.25, 0.3) is 0 Å². The number of phenols is 2. The van der Waals surface area contributed by atoms with Crippen LogP contribution in [-0.2, 0) is 0 Å². The van der Waals surface area contributed by atoms with Crippen LogP contribution in [-0.4, -0.2) is 47.9 Å². The summed E-state index contributed by atoms with van der Waals surface area (Å²) in [6.45, 7) is 5.92. The van der Waals surface area contributed by atoms with Crippen LogP contribution in [0.5, 0.6) is 23.0 Å². The SMILES string of the molecule is CCCCCCCCCCCCCCCCOc1ccc(C=N[C@@H]2CCCC[C@H]2N=Cc2ccc(OCCCCCCCCCCCCCCCC)cc2O)c(O)c1. The lowest BCUT2D eigenvalue weighted by Crippen LogP contribution is -2.27. The maximum atomic E-state index is 10.7. The number of aliphatic imine (C=N–C) groups is 2. The van der Waals surface area contributed by atoms with Gasteiger partial charge in [-0.3, -0.25) is 9.98 Å². The molecule has 6 heteroatoms. The number of hydrogen-bond acceptors (Lipinski definition) is 6. The van der Waals surface area contributed by atoms with Crippen LogP contribution in [0.1, 0.15) is 230 Å². The predicted octanol–water partition coefficient (Wildman–Crippen LogP) is 15.7. The van der Waals surface area contributed by atoms with E-state index in [2.05, 4.69) is 13.8 Å². The summed E-state index contributed by atoms with van der Waals surface area (Å²) in [5, 5.41) is 21.5. The monoisotopic (exact) mass is 803 g/mol. The minimum atomic E-state index is 0.0375. The Morgan fingerprint density at radius 3 is 1.03 bits per heavy atom. The molecule has 1 aliphatic rings. The summed E-state index contributed by atoms with van der Waals surface area (Å²) < 4.78 is 11.9. The van der Waals surface area contributed by atoms with E-state index < -0.39 is 0 Å². The molecule has 0 unspecified atom stereocenters. The number of rotatable bonds is 36. The number of phenolic OH excluding ortho intramolecular Hbond substituents is 2. The molecule has 0 radical (unpaired) electrons. The van der Waals surface area contributed by atoms with E-state index in [-0.39, 0.29) is 23.6 Å². The second-order valence-electron chi connectivity index (χ2n) is 17.3. The Hall–Kier alpha value is -3.02. The van der Waals surface area contributed by atoms with Gasteiger partial charge >= 0.3 is 0 Å². The zero-order chi connectivity index (χ0) is 41.1. The molecule has 6 nitrogen and oxygen atoms in total. The van der Waals surface area contributed by atoms with Crippen molar-refractivity contribution >= 4 is 12.4 Å². The van der Waals surface area contributed by atoms with Crippen molar-refractivity contribution in [3.8, 4) is 23.0 Å². The number of unbranched alkanes of at least 4 members (excludes halogenated alkanes) is 26. The van der Waals surface area contributed by atoms with Crippen molar-refractivity contribution in [1.82, 2.24) is 0 Å². The van der Waals surface area contributed by atoms with Gasteiger partial charge in [0.15, 0.2) is 0 Å². The third-order valence-corrected chi connectivity index (χ3v) is 12.0. The van der Waals surface area contributed by atoms with Gasteiger partial charge < -0.3 is 19.7 Å². The highest BCUT2D eigenvalue weighted by molar-refractivity contribution is 5.85. The van der Waals surface area contributed by atoms with Gasteiger partial charge in [0.05, 0.1) is 25.3 Å². The van der Waals surface area contributed by atoms with Gasteiger partial charge in [0, 0.05) is 35.7 Å². The summed E-state index contributed by atoms with van der Waals surface area (Å²) in [7, 11) is 0. The lowest BCUT2D eigenvalue weighted by molar-refractivity contribution is 0.302. The third kappa shape index (κ3) is 23.5. The standard InChI is InChI=1S/C52H86N2O4/c1-3-5-7-9-11-13-15-17-19-21-23-25-27-31-39-57-47-37-35-45(51(55)41-47)43-53-49-33-29-30-34-50(49)54-44-46-36-38-48(42-52(46)56)58-40-32-28-26-24-22-20-18-16-14-12-10-8-6-4-2/h35-38,41-44,49-50,55-56H,3-34,39-40H2,1-2H3/t49-,50-/m1/s1. The van der Waals surface area contributed by atoms with Crippen LogP contribution >= 0.6 is 0 Å². The molecule has 0 heterocycles. The van der Waals surface area contributed by atoms with Crippen molar-refractivity contribution in [2.45, 2.75) is 231 Å². The number of ether oxygens (including phenoxy) is 2. The van der Waals surface area contributed by atoms with Crippen LogP contribution in [0.4, 0.5) is 0 Å². The predicted molar refractivity (Wildman–Crippen MR) is 249 cm³/mol. The van der Waals surface area contributed by atoms with E-state index in [0.717, 1.165) is 38.5 Å². The van der Waals surface area contributed by atoms with Crippen molar-refractivity contribution in [1.29, 1.82) is 0 Å². The Morgan fingerprint density at radius 2 is 0.741 bits per heavy atom. The summed E-state index contributed by atoms with van der Waals surface area (Å²) in [6.07, 6.45) is 45.3. The van der Waals surface area contributed by atoms with Crippen molar-refractivity contribution < 1.29 is 19.7 Å². The Labute approximate surface area is 356 Å². The molecule has 58 heavy (non-hydrogen) atoms. The number of nitrogens with zero attached hydrogens (tertiary/aromatic N) is 2. The van der Waals surface area contributed by atoms with E-state index in [0.29, 0.717) is 35.8 Å². The lowest BCUT2D eigenvalue weighted by atomic mass is 9.91. The molecule has 2 atom stereocenters. The zero-order valence-electron chi connectivity index (χ0n) is 37.4. The van der Waals surface area contributed by atoms with E-state index in [9.17, 15) is 10.2 Å². The maximum absolute atomic E-state index is 10.7. The van der Waals surface area contributed by atoms with Gasteiger partial charge in [-0.15, -0.1) is 0 Å². The highest BCUT2D eigenvalue weighted by Crippen LogP contribution is 2.28. The summed E-state index contributed by atoms with van der Waals surface area (Å²) in [6, 6.07) is 11.1. The molecule has 1 aliphatic carbocycles. The first-order valence-electron chi connectivity index (χ1n) is 24.6. The molecular weight excluding hydrogens is 717 g/mol. The molecule has 0 aromatic heterocycles.